The molecule has 0 saturated carbocycles. The van der Waals surface area contributed by atoms with Crippen LogP contribution in [-0.2, 0) is 4.74 Å². The third-order valence-corrected chi connectivity index (χ3v) is 4.27. The van der Waals surface area contributed by atoms with Gasteiger partial charge in [0, 0.05) is 29.6 Å². The van der Waals surface area contributed by atoms with Gasteiger partial charge in [0.1, 0.15) is 0 Å². The largest absolute Gasteiger partial charge is 0.376 e. The minimum atomic E-state index is 0.252. The van der Waals surface area contributed by atoms with Crippen molar-refractivity contribution in [2.75, 3.05) is 19.7 Å². The molecule has 0 aliphatic carbocycles. The Balaban J connectivity index is 2.25. The molecular weight excluding hydrogens is 292 g/mol. The zero-order valence-electron chi connectivity index (χ0n) is 11.0. The van der Waals surface area contributed by atoms with Gasteiger partial charge in [-0.25, -0.2) is 0 Å². The van der Waals surface area contributed by atoms with E-state index < -0.39 is 0 Å². The van der Waals surface area contributed by atoms with E-state index in [0.717, 1.165) is 17.6 Å². The Kier molecular flexibility index (Phi) is 4.78. The lowest BCUT2D eigenvalue weighted by atomic mass is 10.0. The van der Waals surface area contributed by atoms with Crippen LogP contribution >= 0.6 is 15.9 Å². The molecule has 1 aliphatic heterocycles. The van der Waals surface area contributed by atoms with Gasteiger partial charge in [0.05, 0.1) is 12.7 Å². The van der Waals surface area contributed by atoms with Crippen LogP contribution in [-0.4, -0.2) is 36.7 Å². The van der Waals surface area contributed by atoms with E-state index in [-0.39, 0.29) is 12.1 Å². The normalized spacial score (nSPS) is 27.1. The molecule has 1 saturated heterocycles. The zero-order chi connectivity index (χ0) is 13.1. The monoisotopic (exact) mass is 312 g/mol. The summed E-state index contributed by atoms with van der Waals surface area (Å²) in [4.78, 5) is 2.45. The van der Waals surface area contributed by atoms with Crippen molar-refractivity contribution in [3.63, 3.8) is 0 Å². The molecule has 2 rings (SSSR count). The number of nitrogens with two attached hydrogens (primary N) is 1. The SMILES string of the molecule is CC1CN(C(CN)c2ccccc2Br)C(C)CO1. The van der Waals surface area contributed by atoms with E-state index in [9.17, 15) is 0 Å². The van der Waals surface area contributed by atoms with Gasteiger partial charge in [-0.15, -0.1) is 0 Å². The minimum absolute atomic E-state index is 0.252. The van der Waals surface area contributed by atoms with Crippen LogP contribution in [0.15, 0.2) is 28.7 Å². The van der Waals surface area contributed by atoms with Gasteiger partial charge in [-0.2, -0.15) is 0 Å². The number of hydrogen-bond acceptors (Lipinski definition) is 3. The number of benzene rings is 1. The van der Waals surface area contributed by atoms with Crippen LogP contribution in [0, 0.1) is 0 Å². The molecule has 18 heavy (non-hydrogen) atoms. The molecule has 4 heteroatoms. The highest BCUT2D eigenvalue weighted by molar-refractivity contribution is 9.10. The second-order valence-electron chi connectivity index (χ2n) is 4.96. The van der Waals surface area contributed by atoms with Gasteiger partial charge in [-0.05, 0) is 25.5 Å². The Labute approximate surface area is 117 Å². The van der Waals surface area contributed by atoms with Gasteiger partial charge < -0.3 is 10.5 Å². The second-order valence-corrected chi connectivity index (χ2v) is 5.82. The van der Waals surface area contributed by atoms with Crippen LogP contribution in [0.1, 0.15) is 25.5 Å². The molecule has 0 amide bonds. The molecular formula is C14H21BrN2O. The Hall–Kier alpha value is -0.420. The van der Waals surface area contributed by atoms with Gasteiger partial charge in [-0.3, -0.25) is 4.90 Å². The Morgan fingerprint density at radius 2 is 2.17 bits per heavy atom. The van der Waals surface area contributed by atoms with Crippen molar-refractivity contribution in [1.82, 2.24) is 4.90 Å². The van der Waals surface area contributed by atoms with E-state index in [1.165, 1.54) is 5.56 Å². The van der Waals surface area contributed by atoms with Crippen molar-refractivity contribution in [2.45, 2.75) is 32.0 Å². The third-order valence-electron chi connectivity index (χ3n) is 3.54. The molecule has 2 N–H and O–H groups in total. The van der Waals surface area contributed by atoms with Gasteiger partial charge in [-0.1, -0.05) is 34.1 Å². The van der Waals surface area contributed by atoms with Crippen molar-refractivity contribution in [1.29, 1.82) is 0 Å². The summed E-state index contributed by atoms with van der Waals surface area (Å²) in [5.41, 5.74) is 7.27. The van der Waals surface area contributed by atoms with Crippen molar-refractivity contribution < 1.29 is 4.74 Å². The number of ether oxygens (including phenoxy) is 1. The van der Waals surface area contributed by atoms with Gasteiger partial charge >= 0.3 is 0 Å². The average molecular weight is 313 g/mol. The number of nitrogens with zero attached hydrogens (tertiary/aromatic N) is 1. The molecule has 3 unspecified atom stereocenters. The lowest BCUT2D eigenvalue weighted by molar-refractivity contribution is -0.0654. The molecule has 0 bridgehead atoms. The fraction of sp³-hybridized carbons (Fsp3) is 0.571. The highest BCUT2D eigenvalue weighted by Gasteiger charge is 2.30. The molecule has 1 heterocycles. The van der Waals surface area contributed by atoms with Crippen LogP contribution in [0.5, 0.6) is 0 Å². The molecule has 1 aromatic carbocycles. The number of rotatable bonds is 3. The number of halogens is 1. The van der Waals surface area contributed by atoms with Gasteiger partial charge in [0.15, 0.2) is 0 Å². The van der Waals surface area contributed by atoms with Crippen LogP contribution in [0.3, 0.4) is 0 Å². The predicted molar refractivity (Wildman–Crippen MR) is 77.5 cm³/mol. The highest BCUT2D eigenvalue weighted by Crippen LogP contribution is 2.30. The number of hydrogen-bond donors (Lipinski definition) is 1. The first-order valence-electron chi connectivity index (χ1n) is 6.45. The van der Waals surface area contributed by atoms with Crippen LogP contribution in [0.2, 0.25) is 0 Å². The number of morpholine rings is 1. The molecule has 0 spiro atoms. The van der Waals surface area contributed by atoms with E-state index >= 15 is 0 Å². The lowest BCUT2D eigenvalue weighted by Crippen LogP contribution is -2.50. The summed E-state index contributed by atoms with van der Waals surface area (Å²) in [6.45, 7) is 6.66. The third kappa shape index (κ3) is 2.94. The quantitative estimate of drug-likeness (QED) is 0.932. The Morgan fingerprint density at radius 3 is 2.83 bits per heavy atom. The maximum Gasteiger partial charge on any atom is 0.0675 e. The first kappa shape index (κ1) is 14.0. The molecule has 3 nitrogen and oxygen atoms in total. The highest BCUT2D eigenvalue weighted by atomic mass is 79.9. The summed E-state index contributed by atoms with van der Waals surface area (Å²) >= 11 is 3.63. The maximum atomic E-state index is 6.01. The molecule has 1 aromatic rings. The molecule has 3 atom stereocenters. The first-order valence-corrected chi connectivity index (χ1v) is 7.24. The van der Waals surface area contributed by atoms with E-state index in [1.54, 1.807) is 0 Å². The summed E-state index contributed by atoms with van der Waals surface area (Å²) in [6, 6.07) is 8.98. The average Bonchev–Trinajstić information content (AvgIpc) is 2.36. The van der Waals surface area contributed by atoms with Gasteiger partial charge in [0.2, 0.25) is 0 Å². The summed E-state index contributed by atoms with van der Waals surface area (Å²) in [5, 5.41) is 0. The topological polar surface area (TPSA) is 38.5 Å². The van der Waals surface area contributed by atoms with Crippen LogP contribution in [0.25, 0.3) is 0 Å². The van der Waals surface area contributed by atoms with E-state index in [1.807, 2.05) is 6.07 Å². The van der Waals surface area contributed by atoms with Crippen molar-refractivity contribution in [3.8, 4) is 0 Å². The molecule has 100 valence electrons. The smallest absolute Gasteiger partial charge is 0.0675 e. The molecule has 1 aliphatic rings. The minimum Gasteiger partial charge on any atom is -0.376 e. The fourth-order valence-corrected chi connectivity index (χ4v) is 3.10. The Morgan fingerprint density at radius 1 is 1.44 bits per heavy atom. The first-order chi connectivity index (χ1) is 8.63. The summed E-state index contributed by atoms with van der Waals surface area (Å²) in [5.74, 6) is 0. The molecule has 0 aromatic heterocycles. The molecule has 0 radical (unpaired) electrons. The van der Waals surface area contributed by atoms with E-state index in [4.69, 9.17) is 10.5 Å². The van der Waals surface area contributed by atoms with E-state index in [0.29, 0.717) is 12.6 Å². The Bertz CT molecular complexity index is 399. The lowest BCUT2D eigenvalue weighted by Gasteiger charge is -2.42. The van der Waals surface area contributed by atoms with Gasteiger partial charge in [0.25, 0.3) is 0 Å². The second kappa shape index (κ2) is 6.15. The van der Waals surface area contributed by atoms with Crippen molar-refractivity contribution >= 4 is 15.9 Å². The van der Waals surface area contributed by atoms with Crippen LogP contribution < -0.4 is 5.73 Å². The maximum absolute atomic E-state index is 6.01. The zero-order valence-corrected chi connectivity index (χ0v) is 12.6. The summed E-state index contributed by atoms with van der Waals surface area (Å²) in [6.07, 6.45) is 0.276. The molecule has 1 fully saturated rings. The fourth-order valence-electron chi connectivity index (χ4n) is 2.55. The standard InChI is InChI=1S/C14H21BrN2O/c1-10-9-18-11(2)8-17(10)14(7-16)12-5-3-4-6-13(12)15/h3-6,10-11,14H,7-9,16H2,1-2H3. The van der Waals surface area contributed by atoms with Crippen LogP contribution in [0.4, 0.5) is 0 Å². The van der Waals surface area contributed by atoms with Crippen molar-refractivity contribution in [3.05, 3.63) is 34.3 Å². The van der Waals surface area contributed by atoms with E-state index in [2.05, 4.69) is 52.9 Å². The van der Waals surface area contributed by atoms with Crippen molar-refractivity contribution in [2.24, 2.45) is 5.73 Å². The summed E-state index contributed by atoms with van der Waals surface area (Å²) < 4.78 is 6.82. The predicted octanol–water partition coefficient (Wildman–Crippen LogP) is 2.56. The summed E-state index contributed by atoms with van der Waals surface area (Å²) in [7, 11) is 0.